The van der Waals surface area contributed by atoms with Gasteiger partial charge in [-0.2, -0.15) is 5.10 Å². The summed E-state index contributed by atoms with van der Waals surface area (Å²) in [5.41, 5.74) is 0. The molecule has 0 spiro atoms. The van der Waals surface area contributed by atoms with Gasteiger partial charge in [-0.3, -0.25) is 9.48 Å². The molecule has 17 heavy (non-hydrogen) atoms. The fourth-order valence-corrected chi connectivity index (χ4v) is 1.31. The molecule has 0 aliphatic carbocycles. The van der Waals surface area contributed by atoms with Crippen molar-refractivity contribution >= 4 is 5.91 Å². The number of hydrogen-bond donors (Lipinski definition) is 2. The first-order chi connectivity index (χ1) is 8.22. The maximum absolute atomic E-state index is 11.4. The van der Waals surface area contributed by atoms with Crippen LogP contribution in [0.1, 0.15) is 12.8 Å². The lowest BCUT2D eigenvalue weighted by Crippen LogP contribution is -2.29. The van der Waals surface area contributed by atoms with Crippen LogP contribution >= 0.6 is 0 Å². The first-order valence-corrected chi connectivity index (χ1v) is 5.48. The Morgan fingerprint density at radius 1 is 1.65 bits per heavy atom. The summed E-state index contributed by atoms with van der Waals surface area (Å²) in [5.74, 6) is -0.0647. The summed E-state index contributed by atoms with van der Waals surface area (Å²) in [6.45, 7) is 1.24. The molecule has 7 heteroatoms. The van der Waals surface area contributed by atoms with Gasteiger partial charge in [0.05, 0.1) is 19.3 Å². The maximum atomic E-state index is 11.4. The first-order valence-electron chi connectivity index (χ1n) is 5.48. The maximum Gasteiger partial charge on any atom is 0.221 e. The Balaban J connectivity index is 2.05. The van der Waals surface area contributed by atoms with E-state index in [0.29, 0.717) is 25.9 Å². The second-order valence-corrected chi connectivity index (χ2v) is 3.66. The minimum atomic E-state index is -0.532. The topological polar surface area (TPSA) is 89.3 Å². The largest absolute Gasteiger partial charge is 0.391 e. The predicted octanol–water partition coefficient (Wildman–Crippen LogP) is -0.818. The van der Waals surface area contributed by atoms with Gasteiger partial charge >= 0.3 is 0 Å². The Hall–Kier alpha value is -1.47. The van der Waals surface area contributed by atoms with Crippen molar-refractivity contribution in [2.45, 2.75) is 25.5 Å². The SMILES string of the molecule is COCC(O)CCNC(=O)CCn1cncn1. The van der Waals surface area contributed by atoms with Crippen LogP contribution in [0.2, 0.25) is 0 Å². The molecule has 0 aromatic carbocycles. The molecule has 0 fully saturated rings. The summed E-state index contributed by atoms with van der Waals surface area (Å²) in [5, 5.41) is 16.0. The lowest BCUT2D eigenvalue weighted by Gasteiger charge is -2.10. The highest BCUT2D eigenvalue weighted by atomic mass is 16.5. The molecule has 1 heterocycles. The number of carbonyl (C=O) groups excluding carboxylic acids is 1. The second kappa shape index (κ2) is 7.75. The van der Waals surface area contributed by atoms with E-state index in [0.717, 1.165) is 0 Å². The summed E-state index contributed by atoms with van der Waals surface area (Å²) in [4.78, 5) is 15.2. The van der Waals surface area contributed by atoms with E-state index < -0.39 is 6.10 Å². The van der Waals surface area contributed by atoms with Crippen molar-refractivity contribution in [3.8, 4) is 0 Å². The molecule has 1 unspecified atom stereocenters. The van der Waals surface area contributed by atoms with Gasteiger partial charge in [-0.25, -0.2) is 4.98 Å². The van der Waals surface area contributed by atoms with Gasteiger partial charge in [-0.05, 0) is 6.42 Å². The van der Waals surface area contributed by atoms with Crippen LogP contribution in [-0.4, -0.2) is 52.1 Å². The van der Waals surface area contributed by atoms with E-state index in [2.05, 4.69) is 15.4 Å². The van der Waals surface area contributed by atoms with Crippen molar-refractivity contribution in [1.29, 1.82) is 0 Å². The van der Waals surface area contributed by atoms with Crippen molar-refractivity contribution in [1.82, 2.24) is 20.1 Å². The van der Waals surface area contributed by atoms with E-state index in [9.17, 15) is 9.90 Å². The molecule has 1 aromatic heterocycles. The molecule has 2 N–H and O–H groups in total. The van der Waals surface area contributed by atoms with Gasteiger partial charge in [0.1, 0.15) is 12.7 Å². The average molecular weight is 242 g/mol. The number of methoxy groups -OCH3 is 1. The zero-order valence-corrected chi connectivity index (χ0v) is 9.87. The summed E-state index contributed by atoms with van der Waals surface area (Å²) in [6.07, 6.45) is 3.30. The lowest BCUT2D eigenvalue weighted by molar-refractivity contribution is -0.121. The molecule has 7 nitrogen and oxygen atoms in total. The zero-order chi connectivity index (χ0) is 12.5. The van der Waals surface area contributed by atoms with E-state index in [1.165, 1.54) is 13.4 Å². The molecule has 0 saturated heterocycles. The lowest BCUT2D eigenvalue weighted by atomic mass is 10.2. The fraction of sp³-hybridized carbons (Fsp3) is 0.700. The van der Waals surface area contributed by atoms with Crippen LogP contribution in [0.15, 0.2) is 12.7 Å². The Bertz CT molecular complexity index is 315. The van der Waals surface area contributed by atoms with E-state index in [1.807, 2.05) is 0 Å². The minimum absolute atomic E-state index is 0.0647. The quantitative estimate of drug-likeness (QED) is 0.622. The van der Waals surface area contributed by atoms with Gasteiger partial charge in [0, 0.05) is 20.1 Å². The van der Waals surface area contributed by atoms with E-state index in [1.54, 1.807) is 11.0 Å². The van der Waals surface area contributed by atoms with Crippen LogP contribution in [0.25, 0.3) is 0 Å². The molecule has 1 amide bonds. The molecule has 0 radical (unpaired) electrons. The summed E-state index contributed by atoms with van der Waals surface area (Å²) in [6, 6.07) is 0. The Morgan fingerprint density at radius 3 is 3.12 bits per heavy atom. The third kappa shape index (κ3) is 5.98. The standard InChI is InChI=1S/C10H18N4O3/c1-17-6-9(15)2-4-12-10(16)3-5-14-8-11-7-13-14/h7-9,15H,2-6H2,1H3,(H,12,16). The van der Waals surface area contributed by atoms with Crippen LogP contribution in [0.4, 0.5) is 0 Å². The van der Waals surface area contributed by atoms with E-state index in [-0.39, 0.29) is 12.5 Å². The second-order valence-electron chi connectivity index (χ2n) is 3.66. The van der Waals surface area contributed by atoms with Crippen molar-refractivity contribution < 1.29 is 14.6 Å². The van der Waals surface area contributed by atoms with E-state index in [4.69, 9.17) is 4.74 Å². The number of nitrogens with zero attached hydrogens (tertiary/aromatic N) is 3. The highest BCUT2D eigenvalue weighted by Crippen LogP contribution is 1.91. The van der Waals surface area contributed by atoms with Crippen LogP contribution in [0.3, 0.4) is 0 Å². The van der Waals surface area contributed by atoms with E-state index >= 15 is 0 Å². The van der Waals surface area contributed by atoms with Gasteiger partial charge in [-0.15, -0.1) is 0 Å². The normalized spacial score (nSPS) is 12.4. The summed E-state index contributed by atoms with van der Waals surface area (Å²) >= 11 is 0. The molecule has 0 bridgehead atoms. The number of nitrogens with one attached hydrogen (secondary N) is 1. The predicted molar refractivity (Wildman–Crippen MR) is 60.1 cm³/mol. The highest BCUT2D eigenvalue weighted by molar-refractivity contribution is 5.75. The smallest absolute Gasteiger partial charge is 0.221 e. The number of ether oxygens (including phenoxy) is 1. The number of aliphatic hydroxyl groups is 1. The van der Waals surface area contributed by atoms with Crippen LogP contribution in [-0.2, 0) is 16.1 Å². The molecule has 1 rings (SSSR count). The molecular formula is C10H18N4O3. The third-order valence-electron chi connectivity index (χ3n) is 2.19. The number of rotatable bonds is 8. The van der Waals surface area contributed by atoms with Gasteiger partial charge in [0.2, 0.25) is 5.91 Å². The molecule has 0 saturated carbocycles. The van der Waals surface area contributed by atoms with Gasteiger partial charge in [-0.1, -0.05) is 0 Å². The average Bonchev–Trinajstić information content (AvgIpc) is 2.79. The van der Waals surface area contributed by atoms with Crippen molar-refractivity contribution in [2.24, 2.45) is 0 Å². The first kappa shape index (κ1) is 13.6. The van der Waals surface area contributed by atoms with Crippen molar-refractivity contribution in [3.63, 3.8) is 0 Å². The molecule has 96 valence electrons. The molecule has 1 aromatic rings. The Morgan fingerprint density at radius 2 is 2.47 bits per heavy atom. The molecule has 0 aliphatic rings. The van der Waals surface area contributed by atoms with Crippen molar-refractivity contribution in [3.05, 3.63) is 12.7 Å². The van der Waals surface area contributed by atoms with Crippen LogP contribution < -0.4 is 5.32 Å². The number of aliphatic hydroxyl groups excluding tert-OH is 1. The number of carbonyl (C=O) groups is 1. The third-order valence-corrected chi connectivity index (χ3v) is 2.19. The number of hydrogen-bond acceptors (Lipinski definition) is 5. The minimum Gasteiger partial charge on any atom is -0.391 e. The summed E-state index contributed by atoms with van der Waals surface area (Å²) in [7, 11) is 1.53. The monoisotopic (exact) mass is 242 g/mol. The van der Waals surface area contributed by atoms with Gasteiger partial charge < -0.3 is 15.2 Å². The van der Waals surface area contributed by atoms with Crippen molar-refractivity contribution in [2.75, 3.05) is 20.3 Å². The Labute approximate surface area is 99.8 Å². The van der Waals surface area contributed by atoms with Crippen LogP contribution in [0.5, 0.6) is 0 Å². The highest BCUT2D eigenvalue weighted by Gasteiger charge is 2.05. The molecule has 1 atom stereocenters. The Kier molecular flexibility index (Phi) is 6.19. The number of aryl methyl sites for hydroxylation is 1. The van der Waals surface area contributed by atoms with Gasteiger partial charge in [0.15, 0.2) is 0 Å². The molecular weight excluding hydrogens is 224 g/mol. The molecule has 0 aliphatic heterocycles. The fourth-order valence-electron chi connectivity index (χ4n) is 1.31. The van der Waals surface area contributed by atoms with Crippen LogP contribution in [0, 0.1) is 0 Å². The zero-order valence-electron chi connectivity index (χ0n) is 9.87. The number of amides is 1. The van der Waals surface area contributed by atoms with Gasteiger partial charge in [0.25, 0.3) is 0 Å². The summed E-state index contributed by atoms with van der Waals surface area (Å²) < 4.78 is 6.37. The number of aromatic nitrogens is 3.